The number of hydrogen-bond donors (Lipinski definition) is 3. The molecule has 104 valence electrons. The minimum Gasteiger partial charge on any atom is -0.352 e. The van der Waals surface area contributed by atoms with Crippen LogP contribution in [0.2, 0.25) is 0 Å². The van der Waals surface area contributed by atoms with E-state index in [1.54, 1.807) is 48.3 Å². The molecule has 0 bridgehead atoms. The van der Waals surface area contributed by atoms with E-state index < -0.39 is 6.03 Å². The number of carbonyl (C=O) groups is 2. The van der Waals surface area contributed by atoms with Crippen molar-refractivity contribution >= 4 is 17.8 Å². The monoisotopic (exact) mass is 273 g/mol. The molecule has 1 aromatic carbocycles. The highest BCUT2D eigenvalue weighted by Gasteiger charge is 2.07. The Kier molecular flexibility index (Phi) is 3.99. The van der Waals surface area contributed by atoms with Gasteiger partial charge in [-0.1, -0.05) is 12.1 Å². The van der Waals surface area contributed by atoms with E-state index in [-0.39, 0.29) is 5.91 Å². The fraction of sp³-hybridized carbons (Fsp3) is 0.154. The summed E-state index contributed by atoms with van der Waals surface area (Å²) in [7, 11) is 1.77. The molecule has 0 atom stereocenters. The second-order valence-corrected chi connectivity index (χ2v) is 4.24. The summed E-state index contributed by atoms with van der Waals surface area (Å²) in [5, 5.41) is 9.23. The van der Waals surface area contributed by atoms with Gasteiger partial charge in [0.25, 0.3) is 5.91 Å². The topological polar surface area (TPSA) is 102 Å². The van der Waals surface area contributed by atoms with Crippen molar-refractivity contribution in [3.05, 3.63) is 47.7 Å². The molecule has 0 saturated carbocycles. The lowest BCUT2D eigenvalue weighted by Crippen LogP contribution is -2.28. The first kappa shape index (κ1) is 13.6. The summed E-state index contributed by atoms with van der Waals surface area (Å²) in [4.78, 5) is 22.5. The maximum absolute atomic E-state index is 12.0. The normalized spacial score (nSPS) is 10.1. The maximum Gasteiger partial charge on any atom is 0.312 e. The number of nitrogens with two attached hydrogens (primary N) is 1. The molecule has 0 aliphatic rings. The lowest BCUT2D eigenvalue weighted by Gasteiger charge is -2.05. The van der Waals surface area contributed by atoms with Crippen molar-refractivity contribution in [3.63, 3.8) is 0 Å². The van der Waals surface area contributed by atoms with Crippen molar-refractivity contribution < 1.29 is 9.59 Å². The predicted octanol–water partition coefficient (Wildman–Crippen LogP) is 0.841. The third-order valence-electron chi connectivity index (χ3n) is 2.64. The number of hydrogen-bond acceptors (Lipinski definition) is 3. The number of benzene rings is 1. The van der Waals surface area contributed by atoms with Gasteiger partial charge in [-0.05, 0) is 17.7 Å². The van der Waals surface area contributed by atoms with Crippen LogP contribution < -0.4 is 16.4 Å². The predicted molar refractivity (Wildman–Crippen MR) is 74.0 cm³/mol. The average Bonchev–Trinajstić information content (AvgIpc) is 2.82. The minimum absolute atomic E-state index is 0.238. The highest BCUT2D eigenvalue weighted by molar-refractivity contribution is 6.03. The van der Waals surface area contributed by atoms with E-state index in [1.807, 2.05) is 0 Å². The van der Waals surface area contributed by atoms with Gasteiger partial charge in [-0.25, -0.2) is 4.79 Å². The van der Waals surface area contributed by atoms with Crippen LogP contribution in [0.15, 0.2) is 36.5 Å². The first-order valence-corrected chi connectivity index (χ1v) is 5.98. The Morgan fingerprint density at radius 1 is 1.25 bits per heavy atom. The van der Waals surface area contributed by atoms with Crippen molar-refractivity contribution in [1.29, 1.82) is 0 Å². The molecule has 7 nitrogen and oxygen atoms in total. The summed E-state index contributed by atoms with van der Waals surface area (Å²) in [6, 6.07) is 7.99. The van der Waals surface area contributed by atoms with E-state index in [2.05, 4.69) is 15.7 Å². The first-order valence-electron chi connectivity index (χ1n) is 5.98. The quantitative estimate of drug-likeness (QED) is 0.769. The van der Waals surface area contributed by atoms with Gasteiger partial charge in [0.05, 0.1) is 0 Å². The highest BCUT2D eigenvalue weighted by Crippen LogP contribution is 2.08. The molecule has 0 spiro atoms. The summed E-state index contributed by atoms with van der Waals surface area (Å²) in [5.74, 6) is 0.259. The van der Waals surface area contributed by atoms with Gasteiger partial charge in [0, 0.05) is 31.4 Å². The van der Waals surface area contributed by atoms with E-state index in [0.29, 0.717) is 17.9 Å². The van der Waals surface area contributed by atoms with Crippen LogP contribution in [-0.2, 0) is 13.6 Å². The summed E-state index contributed by atoms with van der Waals surface area (Å²) in [6.45, 7) is 0.331. The van der Waals surface area contributed by atoms with Gasteiger partial charge >= 0.3 is 6.03 Å². The third kappa shape index (κ3) is 3.58. The Labute approximate surface area is 115 Å². The number of urea groups is 1. The van der Waals surface area contributed by atoms with Gasteiger partial charge in [0.15, 0.2) is 5.82 Å². The Balaban J connectivity index is 1.98. The third-order valence-corrected chi connectivity index (χ3v) is 2.64. The number of amides is 3. The summed E-state index contributed by atoms with van der Waals surface area (Å²) in [6.07, 6.45) is 1.74. The molecule has 0 radical (unpaired) electrons. The highest BCUT2D eigenvalue weighted by atomic mass is 16.2. The van der Waals surface area contributed by atoms with Crippen LogP contribution in [-0.4, -0.2) is 21.7 Å². The molecule has 0 saturated heterocycles. The summed E-state index contributed by atoms with van der Waals surface area (Å²) >= 11 is 0. The first-order chi connectivity index (χ1) is 9.54. The number of nitrogens with one attached hydrogen (secondary N) is 2. The second-order valence-electron chi connectivity index (χ2n) is 4.24. The van der Waals surface area contributed by atoms with E-state index in [4.69, 9.17) is 5.73 Å². The Morgan fingerprint density at radius 3 is 2.50 bits per heavy atom. The van der Waals surface area contributed by atoms with Crippen LogP contribution >= 0.6 is 0 Å². The number of carbonyl (C=O) groups excluding carboxylic acids is 2. The van der Waals surface area contributed by atoms with E-state index in [1.165, 1.54) is 0 Å². The van der Waals surface area contributed by atoms with Crippen LogP contribution in [0.4, 0.5) is 10.6 Å². The zero-order valence-electron chi connectivity index (χ0n) is 11.0. The van der Waals surface area contributed by atoms with E-state index >= 15 is 0 Å². The number of primary amides is 1. The molecule has 2 aromatic rings. The van der Waals surface area contributed by atoms with Crippen LogP contribution in [0.25, 0.3) is 0 Å². The van der Waals surface area contributed by atoms with Crippen molar-refractivity contribution in [2.24, 2.45) is 12.8 Å². The van der Waals surface area contributed by atoms with Crippen LogP contribution in [0, 0.1) is 0 Å². The smallest absolute Gasteiger partial charge is 0.312 e. The molecule has 20 heavy (non-hydrogen) atoms. The van der Waals surface area contributed by atoms with Crippen LogP contribution in [0.1, 0.15) is 15.9 Å². The van der Waals surface area contributed by atoms with Crippen molar-refractivity contribution in [1.82, 2.24) is 15.1 Å². The molecule has 1 aromatic heterocycles. The number of rotatable bonds is 4. The molecular weight excluding hydrogens is 258 g/mol. The Morgan fingerprint density at radius 2 is 1.95 bits per heavy atom. The fourth-order valence-electron chi connectivity index (χ4n) is 1.63. The lowest BCUT2D eigenvalue weighted by molar-refractivity contribution is 0.102. The molecule has 0 aliphatic carbocycles. The molecular formula is C13H15N5O2. The van der Waals surface area contributed by atoms with E-state index in [9.17, 15) is 9.59 Å². The van der Waals surface area contributed by atoms with Crippen molar-refractivity contribution in [2.75, 3.05) is 5.32 Å². The Hall–Kier alpha value is -2.83. The van der Waals surface area contributed by atoms with Crippen LogP contribution in [0.5, 0.6) is 0 Å². The van der Waals surface area contributed by atoms with Gasteiger partial charge in [-0.3, -0.25) is 9.48 Å². The van der Waals surface area contributed by atoms with Gasteiger partial charge in [-0.15, -0.1) is 0 Å². The maximum atomic E-state index is 12.0. The standard InChI is InChI=1S/C13H15N5O2/c1-18-7-6-11(17-18)16-12(19)10-4-2-9(3-5-10)8-15-13(14)20/h2-7H,8H2,1H3,(H3,14,15,20)(H,16,17,19). The molecule has 0 aliphatic heterocycles. The van der Waals surface area contributed by atoms with Gasteiger partial charge < -0.3 is 16.4 Å². The summed E-state index contributed by atoms with van der Waals surface area (Å²) in [5.41, 5.74) is 6.36. The average molecular weight is 273 g/mol. The van der Waals surface area contributed by atoms with Crippen molar-refractivity contribution in [3.8, 4) is 0 Å². The summed E-state index contributed by atoms with van der Waals surface area (Å²) < 4.78 is 1.61. The fourth-order valence-corrected chi connectivity index (χ4v) is 1.63. The minimum atomic E-state index is -0.582. The molecule has 1 heterocycles. The SMILES string of the molecule is Cn1ccc(NC(=O)c2ccc(CNC(N)=O)cc2)n1. The Bertz CT molecular complexity index is 618. The van der Waals surface area contributed by atoms with Crippen LogP contribution in [0.3, 0.4) is 0 Å². The second kappa shape index (κ2) is 5.87. The molecule has 3 amide bonds. The zero-order chi connectivity index (χ0) is 14.5. The van der Waals surface area contributed by atoms with Gasteiger partial charge in [0.1, 0.15) is 0 Å². The van der Waals surface area contributed by atoms with E-state index in [0.717, 1.165) is 5.56 Å². The zero-order valence-corrected chi connectivity index (χ0v) is 11.0. The molecule has 7 heteroatoms. The van der Waals surface area contributed by atoms with Gasteiger partial charge in [0.2, 0.25) is 0 Å². The molecule has 2 rings (SSSR count). The molecule has 0 fully saturated rings. The largest absolute Gasteiger partial charge is 0.352 e. The van der Waals surface area contributed by atoms with Gasteiger partial charge in [-0.2, -0.15) is 5.10 Å². The number of aromatic nitrogens is 2. The lowest BCUT2D eigenvalue weighted by atomic mass is 10.1. The molecule has 4 N–H and O–H groups in total. The number of aryl methyl sites for hydroxylation is 1. The number of anilines is 1. The van der Waals surface area contributed by atoms with Crippen molar-refractivity contribution in [2.45, 2.75) is 6.54 Å². The molecule has 0 unspecified atom stereocenters. The number of nitrogens with zero attached hydrogens (tertiary/aromatic N) is 2.